The van der Waals surface area contributed by atoms with Crippen molar-refractivity contribution in [2.75, 3.05) is 6.54 Å². The number of hydrogen-bond donors (Lipinski definition) is 0. The minimum Gasteiger partial charge on any atom is -0.338 e. The van der Waals surface area contributed by atoms with Gasteiger partial charge in [0.2, 0.25) is 11.7 Å². The van der Waals surface area contributed by atoms with Gasteiger partial charge in [-0.05, 0) is 24.3 Å². The predicted octanol–water partition coefficient (Wildman–Crippen LogP) is 2.57. The third kappa shape index (κ3) is 2.77. The molecule has 7 nitrogen and oxygen atoms in total. The van der Waals surface area contributed by atoms with E-state index in [0.717, 1.165) is 17.7 Å². The van der Waals surface area contributed by atoms with Crippen LogP contribution in [-0.2, 0) is 24.8 Å². The number of carbonyl (C=O) groups excluding carboxylic acids is 1. The molecule has 0 saturated heterocycles. The minimum absolute atomic E-state index is 0.114. The van der Waals surface area contributed by atoms with E-state index < -0.39 is 0 Å². The molecule has 26 heavy (non-hydrogen) atoms. The first-order valence-corrected chi connectivity index (χ1v) is 8.49. The Morgan fingerprint density at radius 2 is 2.08 bits per heavy atom. The summed E-state index contributed by atoms with van der Waals surface area (Å²) < 4.78 is 20.3. The molecule has 3 heterocycles. The summed E-state index contributed by atoms with van der Waals surface area (Å²) in [5.41, 5.74) is 3.27. The van der Waals surface area contributed by atoms with Gasteiger partial charge in [-0.1, -0.05) is 12.1 Å². The van der Waals surface area contributed by atoms with E-state index in [-0.39, 0.29) is 11.7 Å². The van der Waals surface area contributed by atoms with Gasteiger partial charge in [0, 0.05) is 49.8 Å². The lowest BCUT2D eigenvalue weighted by Gasteiger charge is -2.27. The monoisotopic (exact) mass is 355 g/mol. The molecule has 1 aromatic carbocycles. The Labute approximate surface area is 149 Å². The van der Waals surface area contributed by atoms with E-state index >= 15 is 0 Å². The van der Waals surface area contributed by atoms with Crippen molar-refractivity contribution in [3.05, 3.63) is 41.3 Å². The number of amides is 1. The fourth-order valence-electron chi connectivity index (χ4n) is 3.24. The largest absolute Gasteiger partial charge is 0.338 e. The maximum Gasteiger partial charge on any atom is 0.279 e. The normalized spacial score (nSPS) is 13.7. The Morgan fingerprint density at radius 1 is 1.31 bits per heavy atom. The van der Waals surface area contributed by atoms with Crippen LogP contribution in [0.2, 0.25) is 0 Å². The Kier molecular flexibility index (Phi) is 4.02. The van der Waals surface area contributed by atoms with E-state index in [9.17, 15) is 9.18 Å². The minimum atomic E-state index is -0.322. The standard InChI is InChI=1S/C18H18FN5O2/c1-3-15(25)24-9-8-14-13(10-24)16(21-23(14)2)18-20-17(22-26-18)11-4-6-12(19)7-5-11/h4-7H,3,8-10H2,1-2H3. The molecule has 1 aliphatic heterocycles. The molecule has 2 aromatic heterocycles. The zero-order chi connectivity index (χ0) is 18.3. The Bertz CT molecular complexity index is 961. The third-order valence-corrected chi connectivity index (χ3v) is 4.63. The van der Waals surface area contributed by atoms with Gasteiger partial charge in [0.25, 0.3) is 5.89 Å². The van der Waals surface area contributed by atoms with Crippen molar-refractivity contribution < 1.29 is 13.7 Å². The summed E-state index contributed by atoms with van der Waals surface area (Å²) in [6, 6.07) is 5.89. The van der Waals surface area contributed by atoms with Crippen LogP contribution in [0.1, 0.15) is 24.6 Å². The molecule has 1 amide bonds. The van der Waals surface area contributed by atoms with Crippen molar-refractivity contribution in [1.82, 2.24) is 24.8 Å². The van der Waals surface area contributed by atoms with Gasteiger partial charge in [-0.3, -0.25) is 9.48 Å². The Balaban J connectivity index is 1.69. The number of hydrogen-bond acceptors (Lipinski definition) is 5. The van der Waals surface area contributed by atoms with E-state index in [1.54, 1.807) is 16.8 Å². The summed E-state index contributed by atoms with van der Waals surface area (Å²) in [4.78, 5) is 18.3. The molecular formula is C18H18FN5O2. The van der Waals surface area contributed by atoms with Crippen molar-refractivity contribution in [3.8, 4) is 23.0 Å². The molecule has 0 aliphatic carbocycles. The van der Waals surface area contributed by atoms with Crippen LogP contribution in [0.25, 0.3) is 23.0 Å². The molecule has 4 rings (SSSR count). The summed E-state index contributed by atoms with van der Waals surface area (Å²) in [6.07, 6.45) is 1.21. The second kappa shape index (κ2) is 6.36. The number of benzene rings is 1. The van der Waals surface area contributed by atoms with Gasteiger partial charge in [0.05, 0.1) is 0 Å². The van der Waals surface area contributed by atoms with Gasteiger partial charge >= 0.3 is 0 Å². The van der Waals surface area contributed by atoms with Crippen LogP contribution in [-0.4, -0.2) is 37.3 Å². The van der Waals surface area contributed by atoms with Crippen LogP contribution in [0.3, 0.4) is 0 Å². The summed E-state index contributed by atoms with van der Waals surface area (Å²) in [6.45, 7) is 3.03. The lowest BCUT2D eigenvalue weighted by atomic mass is 10.0. The second-order valence-electron chi connectivity index (χ2n) is 6.25. The first-order chi connectivity index (χ1) is 12.6. The molecule has 0 fully saturated rings. The molecule has 1 aliphatic rings. The van der Waals surface area contributed by atoms with Gasteiger partial charge in [0.15, 0.2) is 5.69 Å². The van der Waals surface area contributed by atoms with E-state index in [2.05, 4.69) is 15.2 Å². The number of carbonyl (C=O) groups is 1. The molecule has 0 radical (unpaired) electrons. The zero-order valence-corrected chi connectivity index (χ0v) is 14.6. The zero-order valence-electron chi connectivity index (χ0n) is 14.6. The van der Waals surface area contributed by atoms with Gasteiger partial charge in [-0.15, -0.1) is 0 Å². The first kappa shape index (κ1) is 16.4. The molecule has 134 valence electrons. The van der Waals surface area contributed by atoms with Gasteiger partial charge < -0.3 is 9.42 Å². The number of fused-ring (bicyclic) bond motifs is 1. The lowest BCUT2D eigenvalue weighted by molar-refractivity contribution is -0.131. The summed E-state index contributed by atoms with van der Waals surface area (Å²) >= 11 is 0. The fraction of sp³-hybridized carbons (Fsp3) is 0.333. The number of nitrogens with zero attached hydrogens (tertiary/aromatic N) is 5. The van der Waals surface area contributed by atoms with Crippen molar-refractivity contribution in [1.29, 1.82) is 0 Å². The molecule has 0 N–H and O–H groups in total. The molecule has 0 saturated carbocycles. The second-order valence-corrected chi connectivity index (χ2v) is 6.25. The van der Waals surface area contributed by atoms with Crippen molar-refractivity contribution in [2.45, 2.75) is 26.3 Å². The van der Waals surface area contributed by atoms with Crippen molar-refractivity contribution >= 4 is 5.91 Å². The van der Waals surface area contributed by atoms with Crippen molar-refractivity contribution in [3.63, 3.8) is 0 Å². The first-order valence-electron chi connectivity index (χ1n) is 8.49. The number of aromatic nitrogens is 4. The van der Waals surface area contributed by atoms with E-state index in [1.165, 1.54) is 12.1 Å². The molecule has 0 spiro atoms. The number of halogens is 1. The average Bonchev–Trinajstić information content (AvgIpc) is 3.26. The quantitative estimate of drug-likeness (QED) is 0.722. The van der Waals surface area contributed by atoms with Crippen LogP contribution < -0.4 is 0 Å². The van der Waals surface area contributed by atoms with Gasteiger partial charge in [0.1, 0.15) is 5.82 Å². The number of rotatable bonds is 3. The Morgan fingerprint density at radius 3 is 2.81 bits per heavy atom. The summed E-state index contributed by atoms with van der Waals surface area (Å²) in [7, 11) is 1.87. The summed E-state index contributed by atoms with van der Waals surface area (Å²) in [5.74, 6) is 0.462. The highest BCUT2D eigenvalue weighted by Gasteiger charge is 2.29. The molecule has 3 aromatic rings. The van der Waals surface area contributed by atoms with Crippen LogP contribution in [0.5, 0.6) is 0 Å². The average molecular weight is 355 g/mol. The van der Waals surface area contributed by atoms with E-state index in [0.29, 0.717) is 42.5 Å². The third-order valence-electron chi connectivity index (χ3n) is 4.63. The summed E-state index contributed by atoms with van der Waals surface area (Å²) in [5, 5.41) is 8.51. The topological polar surface area (TPSA) is 77.1 Å². The Hall–Kier alpha value is -3.03. The highest BCUT2D eigenvalue weighted by Crippen LogP contribution is 2.30. The smallest absolute Gasteiger partial charge is 0.279 e. The fourth-order valence-corrected chi connectivity index (χ4v) is 3.24. The van der Waals surface area contributed by atoms with Crippen LogP contribution in [0.4, 0.5) is 4.39 Å². The van der Waals surface area contributed by atoms with E-state index in [1.807, 2.05) is 18.9 Å². The highest BCUT2D eigenvalue weighted by atomic mass is 19.1. The molecule has 0 atom stereocenters. The maximum absolute atomic E-state index is 13.1. The van der Waals surface area contributed by atoms with E-state index in [4.69, 9.17) is 4.52 Å². The SMILES string of the molecule is CCC(=O)N1CCc2c(c(-c3nc(-c4ccc(F)cc4)no3)nn2C)C1. The van der Waals surface area contributed by atoms with Gasteiger partial charge in [-0.25, -0.2) is 4.39 Å². The molecule has 0 unspecified atom stereocenters. The van der Waals surface area contributed by atoms with Crippen LogP contribution in [0, 0.1) is 5.82 Å². The number of aryl methyl sites for hydroxylation is 1. The molecule has 0 bridgehead atoms. The molecular weight excluding hydrogens is 337 g/mol. The van der Waals surface area contributed by atoms with Crippen molar-refractivity contribution in [2.24, 2.45) is 7.05 Å². The lowest BCUT2D eigenvalue weighted by Crippen LogP contribution is -2.35. The highest BCUT2D eigenvalue weighted by molar-refractivity contribution is 5.76. The van der Waals surface area contributed by atoms with Gasteiger partial charge in [-0.2, -0.15) is 10.1 Å². The maximum atomic E-state index is 13.1. The van der Waals surface area contributed by atoms with Crippen LogP contribution in [0.15, 0.2) is 28.8 Å². The predicted molar refractivity (Wildman–Crippen MR) is 91.3 cm³/mol. The van der Waals surface area contributed by atoms with Crippen LogP contribution >= 0.6 is 0 Å². The molecule has 8 heteroatoms.